The molecule has 112 valence electrons. The van der Waals surface area contributed by atoms with Crippen LogP contribution < -0.4 is 15.4 Å². The highest BCUT2D eigenvalue weighted by atomic mass is 32.2. The second-order valence-corrected chi connectivity index (χ2v) is 6.33. The van der Waals surface area contributed by atoms with Crippen molar-refractivity contribution < 1.29 is 12.8 Å². The summed E-state index contributed by atoms with van der Waals surface area (Å²) >= 11 is 0. The molecule has 0 amide bonds. The van der Waals surface area contributed by atoms with Crippen LogP contribution in [0.4, 0.5) is 21.5 Å². The first-order valence-electron chi connectivity index (χ1n) is 6.15. The third-order valence-corrected chi connectivity index (χ3v) is 4.35. The van der Waals surface area contributed by atoms with E-state index in [-0.39, 0.29) is 5.69 Å². The van der Waals surface area contributed by atoms with Crippen molar-refractivity contribution in [3.63, 3.8) is 0 Å². The van der Waals surface area contributed by atoms with E-state index in [1.807, 2.05) is 25.1 Å². The number of nitrogens with zero attached hydrogens (tertiary/aromatic N) is 1. The molecule has 0 aliphatic heterocycles. The molecule has 0 saturated heterocycles. The minimum absolute atomic E-state index is 0.133. The minimum atomic E-state index is -4.09. The van der Waals surface area contributed by atoms with Gasteiger partial charge in [-0.3, -0.25) is 4.72 Å². The van der Waals surface area contributed by atoms with Crippen molar-refractivity contribution in [2.45, 2.75) is 4.90 Å². The summed E-state index contributed by atoms with van der Waals surface area (Å²) in [5.41, 5.74) is 6.59. The maximum absolute atomic E-state index is 13.7. The van der Waals surface area contributed by atoms with E-state index < -0.39 is 20.7 Å². The van der Waals surface area contributed by atoms with E-state index in [0.29, 0.717) is 5.69 Å². The van der Waals surface area contributed by atoms with Crippen LogP contribution in [0.1, 0.15) is 0 Å². The van der Waals surface area contributed by atoms with Crippen molar-refractivity contribution in [1.29, 1.82) is 0 Å². The smallest absolute Gasteiger partial charge is 0.266 e. The molecular weight excluding hydrogens is 293 g/mol. The summed E-state index contributed by atoms with van der Waals surface area (Å²) in [6, 6.07) is 10.5. The van der Waals surface area contributed by atoms with Gasteiger partial charge in [0, 0.05) is 19.8 Å². The van der Waals surface area contributed by atoms with Crippen LogP contribution >= 0.6 is 0 Å². The monoisotopic (exact) mass is 309 g/mol. The van der Waals surface area contributed by atoms with Gasteiger partial charge in [0.25, 0.3) is 10.0 Å². The molecule has 2 aromatic rings. The number of rotatable bonds is 4. The van der Waals surface area contributed by atoms with Gasteiger partial charge in [0.15, 0.2) is 0 Å². The number of nitrogens with two attached hydrogens (primary N) is 1. The molecule has 0 bridgehead atoms. The minimum Gasteiger partial charge on any atom is -0.398 e. The summed E-state index contributed by atoms with van der Waals surface area (Å²) in [7, 11) is -0.414. The van der Waals surface area contributed by atoms with Gasteiger partial charge in [0.1, 0.15) is 10.7 Å². The number of sulfonamides is 1. The molecule has 0 saturated carbocycles. The number of nitrogens with one attached hydrogen (secondary N) is 1. The van der Waals surface area contributed by atoms with Gasteiger partial charge in [-0.25, -0.2) is 12.8 Å². The van der Waals surface area contributed by atoms with Gasteiger partial charge in [-0.15, -0.1) is 0 Å². The Morgan fingerprint density at radius 1 is 1.14 bits per heavy atom. The molecule has 0 aliphatic rings. The first-order valence-corrected chi connectivity index (χ1v) is 7.64. The number of halogens is 1. The van der Waals surface area contributed by atoms with E-state index in [4.69, 9.17) is 5.73 Å². The number of hydrogen-bond donors (Lipinski definition) is 2. The Bertz CT molecular complexity index is 740. The fourth-order valence-corrected chi connectivity index (χ4v) is 3.11. The molecule has 0 unspecified atom stereocenters. The van der Waals surface area contributed by atoms with Crippen molar-refractivity contribution in [3.05, 3.63) is 48.3 Å². The van der Waals surface area contributed by atoms with Crippen LogP contribution in [0.5, 0.6) is 0 Å². The summed E-state index contributed by atoms with van der Waals surface area (Å²) in [5.74, 6) is -0.883. The Labute approximate surface area is 123 Å². The molecule has 0 aromatic heterocycles. The highest BCUT2D eigenvalue weighted by Crippen LogP contribution is 2.25. The Balaban J connectivity index is 2.40. The number of anilines is 3. The first-order chi connectivity index (χ1) is 9.81. The van der Waals surface area contributed by atoms with Gasteiger partial charge in [-0.2, -0.15) is 0 Å². The third-order valence-electron chi connectivity index (χ3n) is 2.88. The molecule has 3 N–H and O–H groups in total. The highest BCUT2D eigenvalue weighted by molar-refractivity contribution is 7.92. The zero-order valence-electron chi connectivity index (χ0n) is 11.7. The standard InChI is InChI=1S/C14H16FN3O2S/c1-18(2)11-6-3-5-10(9-11)17-21(19,20)14-12(15)7-4-8-13(14)16/h3-9,17H,16H2,1-2H3. The van der Waals surface area contributed by atoms with Crippen LogP contribution in [0.15, 0.2) is 47.4 Å². The Morgan fingerprint density at radius 3 is 2.43 bits per heavy atom. The quantitative estimate of drug-likeness (QED) is 0.850. The van der Waals surface area contributed by atoms with Crippen LogP contribution in [0.3, 0.4) is 0 Å². The summed E-state index contributed by atoms with van der Waals surface area (Å²) < 4.78 is 40.6. The lowest BCUT2D eigenvalue weighted by molar-refractivity contribution is 0.572. The van der Waals surface area contributed by atoms with Crippen LogP contribution in [0.25, 0.3) is 0 Å². The Morgan fingerprint density at radius 2 is 1.81 bits per heavy atom. The van der Waals surface area contributed by atoms with E-state index in [9.17, 15) is 12.8 Å². The fraction of sp³-hybridized carbons (Fsp3) is 0.143. The summed E-state index contributed by atoms with van der Waals surface area (Å²) in [6.07, 6.45) is 0. The molecule has 0 aliphatic carbocycles. The van der Waals surface area contributed by atoms with Gasteiger partial charge in [-0.05, 0) is 30.3 Å². The first kappa shape index (κ1) is 15.1. The maximum Gasteiger partial charge on any atom is 0.266 e. The van der Waals surface area contributed by atoms with Crippen molar-refractivity contribution in [3.8, 4) is 0 Å². The van der Waals surface area contributed by atoms with E-state index in [1.54, 1.807) is 18.2 Å². The van der Waals surface area contributed by atoms with E-state index >= 15 is 0 Å². The van der Waals surface area contributed by atoms with Crippen LogP contribution in [-0.4, -0.2) is 22.5 Å². The molecule has 0 fully saturated rings. The van der Waals surface area contributed by atoms with Crippen molar-refractivity contribution in [1.82, 2.24) is 0 Å². The average molecular weight is 309 g/mol. The molecule has 21 heavy (non-hydrogen) atoms. The van der Waals surface area contributed by atoms with Gasteiger partial charge >= 0.3 is 0 Å². The largest absolute Gasteiger partial charge is 0.398 e. The second kappa shape index (κ2) is 5.61. The molecule has 5 nitrogen and oxygen atoms in total. The average Bonchev–Trinajstić information content (AvgIpc) is 2.37. The van der Waals surface area contributed by atoms with Gasteiger partial charge in [0.05, 0.1) is 11.4 Å². The van der Waals surface area contributed by atoms with Crippen molar-refractivity contribution in [2.24, 2.45) is 0 Å². The van der Waals surface area contributed by atoms with Crippen molar-refractivity contribution in [2.75, 3.05) is 29.5 Å². The van der Waals surface area contributed by atoms with Crippen molar-refractivity contribution >= 4 is 27.1 Å². The number of benzene rings is 2. The van der Waals surface area contributed by atoms with Gasteiger partial charge < -0.3 is 10.6 Å². The summed E-state index contributed by atoms with van der Waals surface area (Å²) in [6.45, 7) is 0. The Hall–Kier alpha value is -2.28. The van der Waals surface area contributed by atoms with Gasteiger partial charge in [0.2, 0.25) is 0 Å². The maximum atomic E-state index is 13.7. The normalized spacial score (nSPS) is 11.2. The fourth-order valence-electron chi connectivity index (χ4n) is 1.86. The molecule has 0 spiro atoms. The van der Waals surface area contributed by atoms with Gasteiger partial charge in [-0.1, -0.05) is 12.1 Å². The van der Waals surface area contributed by atoms with Crippen LogP contribution in [-0.2, 0) is 10.0 Å². The van der Waals surface area contributed by atoms with E-state index in [1.165, 1.54) is 12.1 Å². The van der Waals surface area contributed by atoms with E-state index in [0.717, 1.165) is 11.8 Å². The highest BCUT2D eigenvalue weighted by Gasteiger charge is 2.22. The third kappa shape index (κ3) is 3.25. The lowest BCUT2D eigenvalue weighted by atomic mass is 10.3. The summed E-state index contributed by atoms with van der Waals surface area (Å²) in [5, 5.41) is 0. The predicted molar refractivity (Wildman–Crippen MR) is 82.4 cm³/mol. The van der Waals surface area contributed by atoms with E-state index in [2.05, 4.69) is 4.72 Å². The predicted octanol–water partition coefficient (Wildman–Crippen LogP) is 2.27. The van der Waals surface area contributed by atoms with Crippen LogP contribution in [0.2, 0.25) is 0 Å². The molecular formula is C14H16FN3O2S. The molecule has 2 rings (SSSR count). The molecule has 0 radical (unpaired) electrons. The molecule has 0 atom stereocenters. The molecule has 0 heterocycles. The lowest BCUT2D eigenvalue weighted by Gasteiger charge is -2.15. The lowest BCUT2D eigenvalue weighted by Crippen LogP contribution is -2.17. The Kier molecular flexibility index (Phi) is 4.04. The zero-order chi connectivity index (χ0) is 15.6. The topological polar surface area (TPSA) is 75.4 Å². The molecule has 2 aromatic carbocycles. The second-order valence-electron chi connectivity index (χ2n) is 4.71. The SMILES string of the molecule is CN(C)c1cccc(NS(=O)(=O)c2c(N)cccc2F)c1. The number of nitrogen functional groups attached to an aromatic ring is 1. The van der Waals surface area contributed by atoms with Crippen LogP contribution in [0, 0.1) is 5.82 Å². The zero-order valence-corrected chi connectivity index (χ0v) is 12.5. The summed E-state index contributed by atoms with van der Waals surface area (Å²) in [4.78, 5) is 1.29. The number of hydrogen-bond acceptors (Lipinski definition) is 4. The molecule has 7 heteroatoms.